The molecule has 1 heterocycles. The maximum absolute atomic E-state index is 3.53. The third kappa shape index (κ3) is 2.10. The molecule has 1 aromatic heterocycles. The highest BCUT2D eigenvalue weighted by molar-refractivity contribution is 9.10. The predicted octanol–water partition coefficient (Wildman–Crippen LogP) is 4.76. The molecule has 2 aromatic rings. The summed E-state index contributed by atoms with van der Waals surface area (Å²) < 4.78 is 3.52. The van der Waals surface area contributed by atoms with Crippen LogP contribution in [0.3, 0.4) is 0 Å². The molecule has 2 heteroatoms. The zero-order valence-electron chi connectivity index (χ0n) is 9.20. The van der Waals surface area contributed by atoms with Crippen molar-refractivity contribution in [3.8, 4) is 0 Å². The van der Waals surface area contributed by atoms with Crippen molar-refractivity contribution in [2.24, 2.45) is 0 Å². The fourth-order valence-corrected chi connectivity index (χ4v) is 2.41. The first-order valence-corrected chi connectivity index (χ1v) is 6.27. The van der Waals surface area contributed by atoms with Gasteiger partial charge in [0.1, 0.15) is 0 Å². The second-order valence-electron chi connectivity index (χ2n) is 4.06. The molecule has 1 atom stereocenters. The Labute approximate surface area is 99.2 Å². The Bertz CT molecular complexity index is 459. The molecule has 0 bridgehead atoms. The Morgan fingerprint density at radius 3 is 2.87 bits per heavy atom. The van der Waals surface area contributed by atoms with Crippen LogP contribution >= 0.6 is 15.9 Å². The van der Waals surface area contributed by atoms with E-state index in [2.05, 4.69) is 64.8 Å². The van der Waals surface area contributed by atoms with Gasteiger partial charge in [-0.3, -0.25) is 0 Å². The van der Waals surface area contributed by atoms with E-state index in [0.717, 1.165) is 4.47 Å². The number of hydrogen-bond acceptors (Lipinski definition) is 0. The lowest BCUT2D eigenvalue weighted by Gasteiger charge is -2.14. The molecule has 0 aliphatic heterocycles. The third-order valence-corrected chi connectivity index (χ3v) is 3.36. The Morgan fingerprint density at radius 1 is 1.33 bits per heavy atom. The van der Waals surface area contributed by atoms with Crippen molar-refractivity contribution in [1.82, 2.24) is 4.57 Å². The molecule has 1 aromatic carbocycles. The van der Waals surface area contributed by atoms with Gasteiger partial charge in [-0.25, -0.2) is 0 Å². The summed E-state index contributed by atoms with van der Waals surface area (Å²) in [5.74, 6) is 0. The monoisotopic (exact) mass is 265 g/mol. The molecule has 0 saturated heterocycles. The number of fused-ring (bicyclic) bond motifs is 1. The Balaban J connectivity index is 2.47. The summed E-state index contributed by atoms with van der Waals surface area (Å²) in [5.41, 5.74) is 1.32. The molecule has 80 valence electrons. The van der Waals surface area contributed by atoms with Crippen LogP contribution in [0.15, 0.2) is 34.9 Å². The van der Waals surface area contributed by atoms with Gasteiger partial charge < -0.3 is 4.57 Å². The standard InChI is InChI=1S/C13H16BrN/c1-3-4-10(2)15-8-7-11-5-6-12(14)9-13(11)15/h5-10H,3-4H2,1-2H3. The molecule has 0 N–H and O–H groups in total. The van der Waals surface area contributed by atoms with Crippen molar-refractivity contribution >= 4 is 26.8 Å². The first-order valence-electron chi connectivity index (χ1n) is 5.48. The number of aromatic nitrogens is 1. The summed E-state index contributed by atoms with van der Waals surface area (Å²) >= 11 is 3.53. The van der Waals surface area contributed by atoms with Gasteiger partial charge in [0, 0.05) is 22.2 Å². The first kappa shape index (κ1) is 10.7. The van der Waals surface area contributed by atoms with E-state index in [-0.39, 0.29) is 0 Å². The van der Waals surface area contributed by atoms with Crippen LogP contribution in [0.2, 0.25) is 0 Å². The van der Waals surface area contributed by atoms with Crippen molar-refractivity contribution in [3.05, 3.63) is 34.9 Å². The van der Waals surface area contributed by atoms with Gasteiger partial charge in [-0.05, 0) is 36.9 Å². The fraction of sp³-hybridized carbons (Fsp3) is 0.385. The molecule has 0 amide bonds. The minimum Gasteiger partial charge on any atom is -0.345 e. The van der Waals surface area contributed by atoms with Crippen LogP contribution < -0.4 is 0 Å². The summed E-state index contributed by atoms with van der Waals surface area (Å²) in [5, 5.41) is 1.32. The Kier molecular flexibility index (Phi) is 3.15. The normalized spacial score (nSPS) is 13.3. The number of hydrogen-bond donors (Lipinski definition) is 0. The second kappa shape index (κ2) is 4.40. The van der Waals surface area contributed by atoms with Crippen LogP contribution in [0.5, 0.6) is 0 Å². The topological polar surface area (TPSA) is 4.93 Å². The lowest BCUT2D eigenvalue weighted by molar-refractivity contribution is 0.515. The maximum atomic E-state index is 3.53. The van der Waals surface area contributed by atoms with E-state index in [1.54, 1.807) is 0 Å². The van der Waals surface area contributed by atoms with Crippen LogP contribution in [-0.2, 0) is 0 Å². The smallest absolute Gasteiger partial charge is 0.0494 e. The molecule has 1 nitrogen and oxygen atoms in total. The Morgan fingerprint density at radius 2 is 2.13 bits per heavy atom. The SMILES string of the molecule is CCCC(C)n1ccc2ccc(Br)cc21. The molecule has 0 aliphatic rings. The fourth-order valence-electron chi connectivity index (χ4n) is 2.06. The first-order chi connectivity index (χ1) is 7.22. The number of nitrogens with zero attached hydrogens (tertiary/aromatic N) is 1. The molecular formula is C13H16BrN. The van der Waals surface area contributed by atoms with E-state index in [1.807, 2.05) is 0 Å². The van der Waals surface area contributed by atoms with Gasteiger partial charge in [-0.1, -0.05) is 35.3 Å². The third-order valence-electron chi connectivity index (χ3n) is 2.87. The van der Waals surface area contributed by atoms with Gasteiger partial charge in [0.05, 0.1) is 0 Å². The summed E-state index contributed by atoms with van der Waals surface area (Å²) in [4.78, 5) is 0. The average Bonchev–Trinajstić information content (AvgIpc) is 2.60. The van der Waals surface area contributed by atoms with Gasteiger partial charge in [0.15, 0.2) is 0 Å². The van der Waals surface area contributed by atoms with Crippen LogP contribution in [0.4, 0.5) is 0 Å². The molecule has 0 saturated carbocycles. The molecule has 15 heavy (non-hydrogen) atoms. The highest BCUT2D eigenvalue weighted by atomic mass is 79.9. The van der Waals surface area contributed by atoms with Crippen molar-refractivity contribution in [2.75, 3.05) is 0 Å². The number of rotatable bonds is 3. The molecule has 1 unspecified atom stereocenters. The molecule has 0 radical (unpaired) electrons. The number of benzene rings is 1. The minimum atomic E-state index is 0.585. The largest absolute Gasteiger partial charge is 0.345 e. The van der Waals surface area contributed by atoms with Gasteiger partial charge in [-0.2, -0.15) is 0 Å². The quantitative estimate of drug-likeness (QED) is 0.754. The van der Waals surface area contributed by atoms with E-state index in [0.29, 0.717) is 6.04 Å². The van der Waals surface area contributed by atoms with Crippen LogP contribution in [-0.4, -0.2) is 4.57 Å². The van der Waals surface area contributed by atoms with Crippen molar-refractivity contribution in [3.63, 3.8) is 0 Å². The highest BCUT2D eigenvalue weighted by Gasteiger charge is 2.07. The van der Waals surface area contributed by atoms with Gasteiger partial charge in [0.25, 0.3) is 0 Å². The molecule has 0 aliphatic carbocycles. The number of halogens is 1. The zero-order valence-corrected chi connectivity index (χ0v) is 10.8. The van der Waals surface area contributed by atoms with E-state index in [9.17, 15) is 0 Å². The molecule has 0 spiro atoms. The van der Waals surface area contributed by atoms with Gasteiger partial charge in [-0.15, -0.1) is 0 Å². The molecule has 2 rings (SSSR count). The van der Waals surface area contributed by atoms with Crippen molar-refractivity contribution in [1.29, 1.82) is 0 Å². The van der Waals surface area contributed by atoms with Crippen LogP contribution in [0.1, 0.15) is 32.7 Å². The van der Waals surface area contributed by atoms with E-state index >= 15 is 0 Å². The van der Waals surface area contributed by atoms with Gasteiger partial charge >= 0.3 is 0 Å². The zero-order chi connectivity index (χ0) is 10.8. The average molecular weight is 266 g/mol. The summed E-state index contributed by atoms with van der Waals surface area (Å²) in [7, 11) is 0. The van der Waals surface area contributed by atoms with E-state index < -0.39 is 0 Å². The summed E-state index contributed by atoms with van der Waals surface area (Å²) in [6.45, 7) is 4.52. The highest BCUT2D eigenvalue weighted by Crippen LogP contribution is 2.25. The van der Waals surface area contributed by atoms with Crippen LogP contribution in [0, 0.1) is 0 Å². The Hall–Kier alpha value is -0.760. The summed E-state index contributed by atoms with van der Waals surface area (Å²) in [6.07, 6.45) is 4.66. The van der Waals surface area contributed by atoms with Crippen LogP contribution in [0.25, 0.3) is 10.9 Å². The second-order valence-corrected chi connectivity index (χ2v) is 4.98. The molecule has 0 fully saturated rings. The maximum Gasteiger partial charge on any atom is 0.0494 e. The van der Waals surface area contributed by atoms with E-state index in [4.69, 9.17) is 0 Å². The van der Waals surface area contributed by atoms with Crippen molar-refractivity contribution in [2.45, 2.75) is 32.7 Å². The van der Waals surface area contributed by atoms with Crippen molar-refractivity contribution < 1.29 is 0 Å². The lowest BCUT2D eigenvalue weighted by Crippen LogP contribution is -2.02. The predicted molar refractivity (Wildman–Crippen MR) is 69.3 cm³/mol. The summed E-state index contributed by atoms with van der Waals surface area (Å²) in [6, 6.07) is 9.23. The molecular weight excluding hydrogens is 250 g/mol. The minimum absolute atomic E-state index is 0.585. The lowest BCUT2D eigenvalue weighted by atomic mass is 10.2. The van der Waals surface area contributed by atoms with E-state index in [1.165, 1.54) is 23.7 Å². The van der Waals surface area contributed by atoms with Gasteiger partial charge in [0.2, 0.25) is 0 Å².